The number of nitrogens with zero attached hydrogens (tertiary/aromatic N) is 2. The highest BCUT2D eigenvalue weighted by Gasteiger charge is 2.35. The summed E-state index contributed by atoms with van der Waals surface area (Å²) < 4.78 is 19.0. The highest BCUT2D eigenvalue weighted by Crippen LogP contribution is 2.35. The number of hydrogen-bond donors (Lipinski definition) is 0. The number of esters is 1. The molecule has 2 heterocycles. The molecule has 3 aromatic rings. The van der Waals surface area contributed by atoms with Gasteiger partial charge in [0.1, 0.15) is 17.5 Å². The van der Waals surface area contributed by atoms with Crippen LogP contribution in [0.3, 0.4) is 0 Å². The van der Waals surface area contributed by atoms with Gasteiger partial charge in [-0.2, -0.15) is 0 Å². The van der Waals surface area contributed by atoms with Crippen molar-refractivity contribution in [3.63, 3.8) is 0 Å². The molecule has 0 bridgehead atoms. The smallest absolute Gasteiger partial charge is 0.338 e. The van der Waals surface area contributed by atoms with E-state index >= 15 is 0 Å². The lowest BCUT2D eigenvalue weighted by Crippen LogP contribution is -2.40. The summed E-state index contributed by atoms with van der Waals surface area (Å²) in [5, 5.41) is 0. The molecule has 36 heavy (non-hydrogen) atoms. The molecule has 0 saturated heterocycles. The number of carbonyl (C=O) groups is 1. The van der Waals surface area contributed by atoms with Crippen molar-refractivity contribution in [3.05, 3.63) is 90.6 Å². The normalized spacial score (nSPS) is 15.3. The van der Waals surface area contributed by atoms with E-state index in [1.165, 1.54) is 11.3 Å². The van der Waals surface area contributed by atoms with Crippen molar-refractivity contribution in [2.75, 3.05) is 19.8 Å². The summed E-state index contributed by atoms with van der Waals surface area (Å²) in [6.07, 6.45) is 2.77. The van der Waals surface area contributed by atoms with E-state index in [0.717, 1.165) is 17.7 Å². The van der Waals surface area contributed by atoms with Crippen molar-refractivity contribution in [2.24, 2.45) is 4.99 Å². The Hall–Kier alpha value is -3.65. The van der Waals surface area contributed by atoms with E-state index in [-0.39, 0.29) is 12.2 Å². The lowest BCUT2D eigenvalue weighted by molar-refractivity contribution is -0.139. The Labute approximate surface area is 214 Å². The van der Waals surface area contributed by atoms with Crippen molar-refractivity contribution in [1.29, 1.82) is 0 Å². The second-order valence-corrected chi connectivity index (χ2v) is 9.20. The summed E-state index contributed by atoms with van der Waals surface area (Å²) in [7, 11) is 0. The van der Waals surface area contributed by atoms with Gasteiger partial charge in [0.05, 0.1) is 35.6 Å². The number of fused-ring (bicyclic) bond motifs is 1. The minimum absolute atomic E-state index is 0.220. The molecule has 188 valence electrons. The number of benzene rings is 2. The number of para-hydroxylation sites is 1. The molecular weight excluding hydrogens is 476 g/mol. The number of aromatic nitrogens is 1. The largest absolute Gasteiger partial charge is 0.494 e. The van der Waals surface area contributed by atoms with Gasteiger partial charge in [-0.05, 0) is 57.0 Å². The third-order valence-corrected chi connectivity index (χ3v) is 6.66. The minimum atomic E-state index is -0.713. The van der Waals surface area contributed by atoms with Gasteiger partial charge < -0.3 is 14.2 Å². The van der Waals surface area contributed by atoms with Crippen LogP contribution in [0.25, 0.3) is 6.08 Å². The maximum Gasteiger partial charge on any atom is 0.338 e. The second kappa shape index (κ2) is 11.4. The van der Waals surface area contributed by atoms with E-state index in [1.807, 2.05) is 61.5 Å². The van der Waals surface area contributed by atoms with Gasteiger partial charge in [0, 0.05) is 5.56 Å². The summed E-state index contributed by atoms with van der Waals surface area (Å²) in [4.78, 5) is 32.0. The van der Waals surface area contributed by atoms with Crippen LogP contribution in [-0.4, -0.2) is 30.4 Å². The zero-order valence-electron chi connectivity index (χ0n) is 20.9. The SMILES string of the molecule is CCCOc1ccc(/C=c2\sc3n(c2=O)[C@H](c2ccccc2OCC)C(C(=O)OCC)=C(C)N=3)cc1. The third-order valence-electron chi connectivity index (χ3n) is 5.68. The van der Waals surface area contributed by atoms with Gasteiger partial charge in [0.25, 0.3) is 5.56 Å². The molecule has 0 aliphatic carbocycles. The van der Waals surface area contributed by atoms with E-state index in [0.29, 0.717) is 45.1 Å². The first-order valence-corrected chi connectivity index (χ1v) is 12.9. The van der Waals surface area contributed by atoms with E-state index in [9.17, 15) is 9.59 Å². The van der Waals surface area contributed by atoms with Crippen LogP contribution in [0.2, 0.25) is 0 Å². The fourth-order valence-corrected chi connectivity index (χ4v) is 5.16. The van der Waals surface area contributed by atoms with Gasteiger partial charge in [0.15, 0.2) is 4.80 Å². The summed E-state index contributed by atoms with van der Waals surface area (Å²) in [6.45, 7) is 8.81. The Kier molecular flexibility index (Phi) is 8.05. The van der Waals surface area contributed by atoms with Gasteiger partial charge in [-0.3, -0.25) is 9.36 Å². The fourth-order valence-electron chi connectivity index (χ4n) is 4.11. The predicted octanol–water partition coefficient (Wildman–Crippen LogP) is 3.99. The zero-order valence-corrected chi connectivity index (χ0v) is 21.8. The molecule has 1 aromatic heterocycles. The Morgan fingerprint density at radius 3 is 2.50 bits per heavy atom. The Morgan fingerprint density at radius 2 is 1.81 bits per heavy atom. The lowest BCUT2D eigenvalue weighted by Gasteiger charge is -2.26. The van der Waals surface area contributed by atoms with Crippen LogP contribution in [0.5, 0.6) is 11.5 Å². The van der Waals surface area contributed by atoms with E-state index in [4.69, 9.17) is 14.2 Å². The molecule has 0 N–H and O–H groups in total. The van der Waals surface area contributed by atoms with Crippen LogP contribution in [0.4, 0.5) is 0 Å². The molecule has 0 saturated carbocycles. The standard InChI is InChI=1S/C28H30N2O5S/c1-5-16-35-20-14-12-19(13-15-20)17-23-26(31)30-25(21-10-8-9-11-22(21)33-6-2)24(27(32)34-7-3)18(4)29-28(30)36-23/h8-15,17,25H,5-7,16H2,1-4H3/b23-17-/t25-/m1/s1. The first-order chi connectivity index (χ1) is 17.5. The number of hydrogen-bond acceptors (Lipinski definition) is 7. The molecule has 0 radical (unpaired) electrons. The zero-order chi connectivity index (χ0) is 25.7. The number of thiazole rings is 1. The summed E-state index contributed by atoms with van der Waals surface area (Å²) in [5.41, 5.74) is 2.21. The summed E-state index contributed by atoms with van der Waals surface area (Å²) in [5.74, 6) is 0.906. The number of carbonyl (C=O) groups excluding carboxylic acids is 1. The van der Waals surface area contributed by atoms with Gasteiger partial charge >= 0.3 is 5.97 Å². The fraction of sp³-hybridized carbons (Fsp3) is 0.321. The summed E-state index contributed by atoms with van der Waals surface area (Å²) >= 11 is 1.29. The highest BCUT2D eigenvalue weighted by atomic mass is 32.1. The maximum absolute atomic E-state index is 13.8. The van der Waals surface area contributed by atoms with Crippen molar-refractivity contribution in [3.8, 4) is 11.5 Å². The highest BCUT2D eigenvalue weighted by molar-refractivity contribution is 7.07. The van der Waals surface area contributed by atoms with Crippen LogP contribution in [0.1, 0.15) is 51.3 Å². The Morgan fingerprint density at radius 1 is 1.06 bits per heavy atom. The Balaban J connectivity index is 1.87. The van der Waals surface area contributed by atoms with Crippen molar-refractivity contribution in [1.82, 2.24) is 4.57 Å². The second-order valence-electron chi connectivity index (χ2n) is 8.19. The average molecular weight is 507 g/mol. The number of ether oxygens (including phenoxy) is 3. The molecule has 0 spiro atoms. The van der Waals surface area contributed by atoms with Crippen LogP contribution in [-0.2, 0) is 9.53 Å². The monoisotopic (exact) mass is 506 g/mol. The van der Waals surface area contributed by atoms with Crippen LogP contribution < -0.4 is 24.4 Å². The molecule has 0 unspecified atom stereocenters. The van der Waals surface area contributed by atoms with Crippen LogP contribution in [0.15, 0.2) is 69.6 Å². The quantitative estimate of drug-likeness (QED) is 0.410. The Bertz CT molecular complexity index is 1450. The van der Waals surface area contributed by atoms with Gasteiger partial charge in [-0.25, -0.2) is 9.79 Å². The molecule has 0 amide bonds. The maximum atomic E-state index is 13.8. The van der Waals surface area contributed by atoms with Crippen molar-refractivity contribution >= 4 is 23.4 Å². The first-order valence-electron chi connectivity index (χ1n) is 12.1. The van der Waals surface area contributed by atoms with Crippen LogP contribution >= 0.6 is 11.3 Å². The third kappa shape index (κ3) is 5.14. The molecule has 7 nitrogen and oxygen atoms in total. The molecule has 1 aliphatic rings. The molecule has 4 rings (SSSR count). The van der Waals surface area contributed by atoms with E-state index in [1.54, 1.807) is 18.4 Å². The van der Waals surface area contributed by atoms with Crippen molar-refractivity contribution in [2.45, 2.75) is 40.2 Å². The number of rotatable bonds is 9. The molecule has 0 fully saturated rings. The van der Waals surface area contributed by atoms with Gasteiger partial charge in [0.2, 0.25) is 0 Å². The average Bonchev–Trinajstić information content (AvgIpc) is 3.17. The van der Waals surface area contributed by atoms with Crippen molar-refractivity contribution < 1.29 is 19.0 Å². The summed E-state index contributed by atoms with van der Waals surface area (Å²) in [6, 6.07) is 14.4. The predicted molar refractivity (Wildman–Crippen MR) is 140 cm³/mol. The molecule has 8 heteroatoms. The topological polar surface area (TPSA) is 79.1 Å². The lowest BCUT2D eigenvalue weighted by atomic mass is 9.95. The molecular formula is C28H30N2O5S. The van der Waals surface area contributed by atoms with Crippen LogP contribution in [0, 0.1) is 0 Å². The molecule has 1 aliphatic heterocycles. The van der Waals surface area contributed by atoms with E-state index in [2.05, 4.69) is 11.9 Å². The molecule has 1 atom stereocenters. The van der Waals surface area contributed by atoms with Gasteiger partial charge in [-0.1, -0.05) is 48.6 Å². The number of allylic oxidation sites excluding steroid dienone is 1. The van der Waals surface area contributed by atoms with E-state index < -0.39 is 12.0 Å². The van der Waals surface area contributed by atoms with Gasteiger partial charge in [-0.15, -0.1) is 0 Å². The minimum Gasteiger partial charge on any atom is -0.494 e. The first kappa shape index (κ1) is 25.4. The molecule has 2 aromatic carbocycles.